The molecule has 4 N–H and O–H groups in total. The summed E-state index contributed by atoms with van der Waals surface area (Å²) in [6, 6.07) is 0.0667. The van der Waals surface area contributed by atoms with Gasteiger partial charge in [0.15, 0.2) is 23.2 Å². The van der Waals surface area contributed by atoms with Gasteiger partial charge >= 0.3 is 0 Å². The number of imidazole rings is 1. The van der Waals surface area contributed by atoms with E-state index in [9.17, 15) is 25.4 Å². The van der Waals surface area contributed by atoms with E-state index >= 15 is 0 Å². The Morgan fingerprint density at radius 3 is 2.82 bits per heavy atom. The van der Waals surface area contributed by atoms with Crippen molar-refractivity contribution >= 4 is 17.0 Å². The lowest BCUT2D eigenvalue weighted by Gasteiger charge is -2.17. The molecule has 0 bridgehead atoms. The zero-order valence-corrected chi connectivity index (χ0v) is 14.7. The second kappa shape index (κ2) is 7.43. The number of fused-ring (bicyclic) bond motifs is 1. The molecule has 0 radical (unpaired) electrons. The van der Waals surface area contributed by atoms with E-state index in [1.807, 2.05) is 0 Å². The number of nitrogens with one attached hydrogen (secondary N) is 1. The maximum absolute atomic E-state index is 10.4. The van der Waals surface area contributed by atoms with Crippen LogP contribution in [0.2, 0.25) is 0 Å². The molecule has 2 aliphatic rings. The van der Waals surface area contributed by atoms with Gasteiger partial charge in [0.1, 0.15) is 31.2 Å². The Hall–Kier alpha value is -2.61. The molecular weight excluding hydrogens is 376 g/mol. The molecule has 1 saturated heterocycles. The summed E-state index contributed by atoms with van der Waals surface area (Å²) in [5, 5.41) is 42.7. The summed E-state index contributed by atoms with van der Waals surface area (Å²) in [5.74, 6) is 0.490. The molecule has 1 aliphatic heterocycles. The Kier molecular flexibility index (Phi) is 4.97. The fraction of sp³-hybridized carbons (Fsp3) is 0.667. The predicted molar refractivity (Wildman–Crippen MR) is 91.5 cm³/mol. The van der Waals surface area contributed by atoms with Crippen LogP contribution in [0, 0.1) is 10.1 Å². The highest BCUT2D eigenvalue weighted by Crippen LogP contribution is 2.33. The van der Waals surface area contributed by atoms with Gasteiger partial charge in [-0.3, -0.25) is 4.57 Å². The number of nitrogens with zero attached hydrogens (tertiary/aromatic N) is 5. The van der Waals surface area contributed by atoms with Crippen molar-refractivity contribution in [2.24, 2.45) is 0 Å². The van der Waals surface area contributed by atoms with Gasteiger partial charge in [-0.15, -0.1) is 10.1 Å². The number of ether oxygens (including phenoxy) is 1. The third-order valence-corrected chi connectivity index (χ3v) is 5.06. The van der Waals surface area contributed by atoms with E-state index in [2.05, 4.69) is 25.1 Å². The fourth-order valence-corrected chi connectivity index (χ4v) is 3.66. The SMILES string of the molecule is O=[N+]([O-])OC[C@H]1O[C@@H](n2cnc3c(N[C@H]4CC[C@@H](O)C4)ncnc32)[C@H](O)[C@@H]1O. The Balaban J connectivity index is 1.56. The van der Waals surface area contributed by atoms with Gasteiger partial charge in [0.05, 0.1) is 12.4 Å². The number of aliphatic hydroxyl groups is 3. The first-order chi connectivity index (χ1) is 13.4. The van der Waals surface area contributed by atoms with Gasteiger partial charge < -0.3 is 30.2 Å². The monoisotopic (exact) mass is 396 g/mol. The number of rotatable bonds is 6. The molecule has 1 aliphatic carbocycles. The summed E-state index contributed by atoms with van der Waals surface area (Å²) in [7, 11) is 0. The smallest absolute Gasteiger partial charge is 0.294 e. The molecule has 13 heteroatoms. The zero-order chi connectivity index (χ0) is 19.8. The number of aliphatic hydroxyl groups excluding tert-OH is 3. The van der Waals surface area contributed by atoms with E-state index in [0.29, 0.717) is 29.8 Å². The highest BCUT2D eigenvalue weighted by Gasteiger charge is 2.44. The maximum Gasteiger partial charge on any atom is 0.294 e. The van der Waals surface area contributed by atoms with Crippen molar-refractivity contribution in [1.82, 2.24) is 19.5 Å². The Bertz CT molecular complexity index is 863. The molecule has 4 rings (SSSR count). The quantitative estimate of drug-likeness (QED) is 0.347. The molecule has 1 saturated carbocycles. The van der Waals surface area contributed by atoms with E-state index < -0.39 is 36.2 Å². The van der Waals surface area contributed by atoms with E-state index in [0.717, 1.165) is 6.42 Å². The minimum absolute atomic E-state index is 0.0667. The number of hydrogen-bond acceptors (Lipinski definition) is 11. The largest absolute Gasteiger partial charge is 0.393 e. The summed E-state index contributed by atoms with van der Waals surface area (Å²) < 4.78 is 6.99. The molecule has 0 unspecified atom stereocenters. The molecule has 6 atom stereocenters. The number of hydrogen-bond donors (Lipinski definition) is 4. The van der Waals surface area contributed by atoms with Crippen LogP contribution >= 0.6 is 0 Å². The highest BCUT2D eigenvalue weighted by atomic mass is 17.0. The molecule has 3 heterocycles. The van der Waals surface area contributed by atoms with Crippen LogP contribution in [0.3, 0.4) is 0 Å². The Morgan fingerprint density at radius 1 is 1.29 bits per heavy atom. The van der Waals surface area contributed by atoms with Gasteiger partial charge in [-0.2, -0.15) is 0 Å². The van der Waals surface area contributed by atoms with Crippen LogP contribution < -0.4 is 5.32 Å². The topological polar surface area (TPSA) is 178 Å². The molecular formula is C15H20N6O7. The molecule has 28 heavy (non-hydrogen) atoms. The van der Waals surface area contributed by atoms with Crippen molar-refractivity contribution in [3.8, 4) is 0 Å². The van der Waals surface area contributed by atoms with Gasteiger partial charge in [-0.25, -0.2) is 15.0 Å². The minimum Gasteiger partial charge on any atom is -0.393 e. The van der Waals surface area contributed by atoms with Gasteiger partial charge in [-0.05, 0) is 19.3 Å². The highest BCUT2D eigenvalue weighted by molar-refractivity contribution is 5.82. The standard InChI is InChI=1S/C15H20N6O7/c22-8-2-1-7(3-8)19-13-10-14(17-5-16-13)20(6-18-10)15-12(24)11(23)9(28-15)4-27-21(25)26/h5-9,11-12,15,22-24H,1-4H2,(H,16,17,19)/t7-,8+,9+,11+,12+,15+/m0/s1. The average Bonchev–Trinajstić information content (AvgIpc) is 3.34. The van der Waals surface area contributed by atoms with Crippen LogP contribution in [0.25, 0.3) is 11.2 Å². The van der Waals surface area contributed by atoms with Crippen LogP contribution in [0.4, 0.5) is 5.82 Å². The van der Waals surface area contributed by atoms with Crippen molar-refractivity contribution < 1.29 is 30.0 Å². The van der Waals surface area contributed by atoms with Gasteiger partial charge in [0.2, 0.25) is 0 Å². The number of aromatic nitrogens is 4. The van der Waals surface area contributed by atoms with Crippen molar-refractivity contribution in [2.75, 3.05) is 11.9 Å². The molecule has 0 aromatic carbocycles. The van der Waals surface area contributed by atoms with Gasteiger partial charge in [-0.1, -0.05) is 0 Å². The Labute approximate surface area is 158 Å². The van der Waals surface area contributed by atoms with Gasteiger partial charge in [0.25, 0.3) is 5.09 Å². The summed E-state index contributed by atoms with van der Waals surface area (Å²) in [5.41, 5.74) is 0.808. The van der Waals surface area contributed by atoms with E-state index in [4.69, 9.17) is 4.74 Å². The average molecular weight is 396 g/mol. The van der Waals surface area contributed by atoms with Crippen LogP contribution in [0.1, 0.15) is 25.5 Å². The summed E-state index contributed by atoms with van der Waals surface area (Å²) >= 11 is 0. The van der Waals surface area contributed by atoms with Crippen molar-refractivity contribution in [3.63, 3.8) is 0 Å². The molecule has 152 valence electrons. The first-order valence-electron chi connectivity index (χ1n) is 8.85. The van der Waals surface area contributed by atoms with E-state index in [-0.39, 0.29) is 12.1 Å². The zero-order valence-electron chi connectivity index (χ0n) is 14.7. The van der Waals surface area contributed by atoms with Crippen molar-refractivity contribution in [1.29, 1.82) is 0 Å². The Morgan fingerprint density at radius 2 is 2.11 bits per heavy atom. The number of anilines is 1. The normalized spacial score (nSPS) is 32.7. The van der Waals surface area contributed by atoms with Crippen LogP contribution in [-0.2, 0) is 9.57 Å². The first-order valence-corrected chi connectivity index (χ1v) is 8.85. The van der Waals surface area contributed by atoms with Crippen LogP contribution in [-0.4, -0.2) is 77.0 Å². The maximum atomic E-state index is 10.4. The second-order valence-corrected chi connectivity index (χ2v) is 6.92. The molecule has 13 nitrogen and oxygen atoms in total. The minimum atomic E-state index is -1.37. The third kappa shape index (κ3) is 3.44. The predicted octanol–water partition coefficient (Wildman–Crippen LogP) is -1.02. The summed E-state index contributed by atoms with van der Waals surface area (Å²) in [4.78, 5) is 27.3. The lowest BCUT2D eigenvalue weighted by Crippen LogP contribution is -2.34. The van der Waals surface area contributed by atoms with Crippen LogP contribution in [0.5, 0.6) is 0 Å². The molecule has 2 aromatic rings. The lowest BCUT2D eigenvalue weighted by atomic mass is 10.1. The summed E-state index contributed by atoms with van der Waals surface area (Å²) in [6.45, 7) is -0.514. The first kappa shape index (κ1) is 18.7. The van der Waals surface area contributed by atoms with Crippen molar-refractivity contribution in [3.05, 3.63) is 22.8 Å². The van der Waals surface area contributed by atoms with Crippen LogP contribution in [0.15, 0.2) is 12.7 Å². The van der Waals surface area contributed by atoms with E-state index in [1.54, 1.807) is 0 Å². The van der Waals surface area contributed by atoms with Gasteiger partial charge in [0, 0.05) is 6.04 Å². The van der Waals surface area contributed by atoms with E-state index in [1.165, 1.54) is 17.2 Å². The molecule has 0 amide bonds. The summed E-state index contributed by atoms with van der Waals surface area (Å²) in [6.07, 6.45) is -0.328. The lowest BCUT2D eigenvalue weighted by molar-refractivity contribution is -0.759. The molecule has 2 fully saturated rings. The third-order valence-electron chi connectivity index (χ3n) is 5.06. The fourth-order valence-electron chi connectivity index (χ4n) is 3.66. The van der Waals surface area contributed by atoms with Crippen molar-refractivity contribution in [2.45, 2.75) is 55.9 Å². The molecule has 0 spiro atoms. The second-order valence-electron chi connectivity index (χ2n) is 6.92. The molecule has 2 aromatic heterocycles.